The number of rotatable bonds is 36. The van der Waals surface area contributed by atoms with E-state index in [4.69, 9.17) is 57.8 Å². The van der Waals surface area contributed by atoms with Crippen LogP contribution in [0.1, 0.15) is 219 Å². The molecule has 132 heavy (non-hydrogen) atoms. The Morgan fingerprint density at radius 1 is 0.220 bits per heavy atom. The molecule has 0 spiro atoms. The molecule has 16 nitrogen and oxygen atoms in total. The number of hydrogen-bond acceptors (Lipinski definition) is 12. The van der Waals surface area contributed by atoms with Crippen LogP contribution in [0.3, 0.4) is 0 Å². The molecule has 4 aliphatic rings. The van der Waals surface area contributed by atoms with Crippen LogP contribution in [0.5, 0.6) is 46.0 Å². The highest BCUT2D eigenvalue weighted by molar-refractivity contribution is 5.98. The number of fused-ring (bicyclic) bond motifs is 16. The fraction of sp³-hybridized carbons (Fsp3) is 0.345. The summed E-state index contributed by atoms with van der Waals surface area (Å²) in [4.78, 5) is 36.8. The molecule has 0 atom stereocenters. The first kappa shape index (κ1) is 94.0. The van der Waals surface area contributed by atoms with Crippen molar-refractivity contribution >= 4 is 92.7 Å². The number of benzene rings is 4. The quantitative estimate of drug-likeness (QED) is 0.0273. The van der Waals surface area contributed by atoms with E-state index >= 15 is 0 Å². The summed E-state index contributed by atoms with van der Waals surface area (Å²) in [6.45, 7) is 39.7. The molecule has 4 N–H and O–H groups in total. The van der Waals surface area contributed by atoms with Gasteiger partial charge in [0.2, 0.25) is 0 Å². The van der Waals surface area contributed by atoms with Gasteiger partial charge in [0.05, 0.1) is 121 Å². The molecule has 10 aromatic rings. The van der Waals surface area contributed by atoms with E-state index in [1.807, 2.05) is 72.9 Å². The van der Waals surface area contributed by atoms with Gasteiger partial charge in [-0.25, -0.2) is 19.9 Å². The van der Waals surface area contributed by atoms with Crippen molar-refractivity contribution in [3.8, 4) is 162 Å². The summed E-state index contributed by atoms with van der Waals surface area (Å²) in [6, 6.07) is 45.2. The third-order valence-electron chi connectivity index (χ3n) is 22.5. The van der Waals surface area contributed by atoms with Gasteiger partial charge in [-0.1, -0.05) is 111 Å². The van der Waals surface area contributed by atoms with Crippen LogP contribution in [-0.2, 0) is 0 Å². The summed E-state index contributed by atoms with van der Waals surface area (Å²) in [5.74, 6) is 45.9. The number of H-pyrrole nitrogens is 4. The Morgan fingerprint density at radius 3 is 0.689 bits per heavy atom. The van der Waals surface area contributed by atoms with Crippen LogP contribution in [0.2, 0.25) is 0 Å². The Hall–Kier alpha value is -14.2. The van der Waals surface area contributed by atoms with Gasteiger partial charge in [-0.3, -0.25) is 0 Å². The number of nitrogens with one attached hydrogen (secondary N) is 4. The maximum atomic E-state index is 6.53. The van der Waals surface area contributed by atoms with Gasteiger partial charge in [0.1, 0.15) is 46.0 Å². The van der Waals surface area contributed by atoms with Crippen LogP contribution in [-0.4, -0.2) is 92.7 Å². The molecule has 16 bridgehead atoms. The van der Waals surface area contributed by atoms with Gasteiger partial charge in [-0.2, -0.15) is 0 Å². The molecule has 674 valence electrons. The zero-order valence-electron chi connectivity index (χ0n) is 79.3. The molecule has 4 aromatic carbocycles. The highest BCUT2D eigenvalue weighted by atomic mass is 16.5. The summed E-state index contributed by atoms with van der Waals surface area (Å²) in [5.41, 5.74) is 20.1. The molecule has 0 unspecified atom stereocenters. The SMILES string of the molecule is CC(C)CCOc1cc(OCCC(C)C)cc(-c2c3nc(c(C#CC#CC#CC#CC#CC#Cc4c5nc(c(-c6cc(OCCC(C)C)cc(OCCC(C)C)c6)c6ccc(cc7nc(c(-c8cc(OCCC(C)C)cc(OCCC(C)C)c8)c8ccc4[nH]8)C=C7)[nH]6)C=C5)c4ccc([nH]4)c(-c4cc(OCCC(C)C)cc(OCCC(C)C)c4)c4nc(cc5ccc2[nH]5)C=C4)C=C3)c1. The predicted molar refractivity (Wildman–Crippen MR) is 544 cm³/mol. The second kappa shape index (κ2) is 45.4. The van der Waals surface area contributed by atoms with Crippen LogP contribution in [0.4, 0.5) is 0 Å². The number of ether oxygens (including phenoxy) is 8. The first-order valence-corrected chi connectivity index (χ1v) is 46.9. The van der Waals surface area contributed by atoms with Crippen LogP contribution >= 0.6 is 0 Å². The van der Waals surface area contributed by atoms with Crippen molar-refractivity contribution in [2.75, 3.05) is 52.9 Å². The van der Waals surface area contributed by atoms with Crippen LogP contribution < -0.4 is 37.9 Å². The van der Waals surface area contributed by atoms with Gasteiger partial charge >= 0.3 is 0 Å². The first-order chi connectivity index (χ1) is 63.9. The fourth-order valence-corrected chi connectivity index (χ4v) is 15.0. The second-order valence-electron chi connectivity index (χ2n) is 37.2. The maximum absolute atomic E-state index is 6.53. The lowest BCUT2D eigenvalue weighted by molar-refractivity contribution is 0.276. The van der Waals surface area contributed by atoms with Gasteiger partial charge in [0.15, 0.2) is 0 Å². The van der Waals surface area contributed by atoms with Crippen molar-refractivity contribution in [1.82, 2.24) is 39.9 Å². The monoisotopic (exact) mass is 1750 g/mol. The zero-order chi connectivity index (χ0) is 92.6. The van der Waals surface area contributed by atoms with E-state index in [1.54, 1.807) is 0 Å². The van der Waals surface area contributed by atoms with Gasteiger partial charge in [-0.05, 0) is 350 Å². The minimum atomic E-state index is 0.461. The van der Waals surface area contributed by atoms with E-state index in [0.29, 0.717) is 191 Å². The zero-order valence-corrected chi connectivity index (χ0v) is 79.3. The molecular formula is C116H122N8O8. The van der Waals surface area contributed by atoms with E-state index in [2.05, 4.69) is 311 Å². The molecular weight excluding hydrogens is 1630 g/mol. The summed E-state index contributed by atoms with van der Waals surface area (Å²) >= 11 is 0. The smallest absolute Gasteiger partial charge is 0.123 e. The molecule has 6 aromatic heterocycles. The molecule has 0 amide bonds. The van der Waals surface area contributed by atoms with Crippen molar-refractivity contribution in [2.24, 2.45) is 47.3 Å². The Bertz CT molecular complexity index is 6090. The molecule has 10 heterocycles. The minimum absolute atomic E-state index is 0.461. The summed E-state index contributed by atoms with van der Waals surface area (Å²) in [7, 11) is 0. The van der Waals surface area contributed by atoms with Crippen LogP contribution in [0.25, 0.3) is 137 Å². The highest BCUT2D eigenvalue weighted by Gasteiger charge is 2.23. The molecule has 4 aliphatic heterocycles. The van der Waals surface area contributed by atoms with Crippen molar-refractivity contribution in [3.63, 3.8) is 0 Å². The Labute approximate surface area is 779 Å². The summed E-state index contributed by atoms with van der Waals surface area (Å²) in [6.07, 6.45) is 23.5. The topological polar surface area (TPSA) is 189 Å². The lowest BCUT2D eigenvalue weighted by atomic mass is 10.0. The maximum Gasteiger partial charge on any atom is 0.123 e. The van der Waals surface area contributed by atoms with Gasteiger partial charge in [0.25, 0.3) is 0 Å². The average molecular weight is 1760 g/mol. The van der Waals surface area contributed by atoms with Crippen LogP contribution in [0, 0.1) is 118 Å². The molecule has 0 saturated carbocycles. The number of aromatic nitrogens is 8. The summed E-state index contributed by atoms with van der Waals surface area (Å²) in [5, 5.41) is 0. The van der Waals surface area contributed by atoms with Crippen molar-refractivity contribution in [3.05, 3.63) is 190 Å². The van der Waals surface area contributed by atoms with Gasteiger partial charge < -0.3 is 57.8 Å². The largest absolute Gasteiger partial charge is 0.493 e. The molecule has 0 aliphatic carbocycles. The van der Waals surface area contributed by atoms with Gasteiger partial charge in [0, 0.05) is 79.6 Å². The average Bonchev–Trinajstić information content (AvgIpc) is 1.62. The van der Waals surface area contributed by atoms with E-state index in [-0.39, 0.29) is 0 Å². The number of hydrogen-bond donors (Lipinski definition) is 4. The molecule has 0 saturated heterocycles. The fourth-order valence-electron chi connectivity index (χ4n) is 15.0. The molecule has 16 heteroatoms. The normalized spacial score (nSPS) is 11.7. The third-order valence-corrected chi connectivity index (χ3v) is 22.5. The van der Waals surface area contributed by atoms with E-state index < -0.39 is 0 Å². The number of aromatic amines is 4. The first-order valence-electron chi connectivity index (χ1n) is 46.9. The predicted octanol–water partition coefficient (Wildman–Crippen LogP) is 27.1. The summed E-state index contributed by atoms with van der Waals surface area (Å²) < 4.78 is 52.3. The Kier molecular flexibility index (Phi) is 32.3. The van der Waals surface area contributed by atoms with E-state index in [9.17, 15) is 0 Å². The van der Waals surface area contributed by atoms with E-state index in [0.717, 1.165) is 152 Å². The molecule has 0 radical (unpaired) electrons. The van der Waals surface area contributed by atoms with Gasteiger partial charge in [-0.15, -0.1) is 0 Å². The molecule has 14 rings (SSSR count). The lowest BCUT2D eigenvalue weighted by Crippen LogP contribution is -2.04. The minimum Gasteiger partial charge on any atom is -0.493 e. The second-order valence-corrected chi connectivity index (χ2v) is 37.2. The Morgan fingerprint density at radius 2 is 0.432 bits per heavy atom. The third kappa shape index (κ3) is 26.3. The lowest BCUT2D eigenvalue weighted by Gasteiger charge is -2.14. The standard InChI is InChI=1S/C116H122N8O8/c1-75(2)45-53-125-91-61-83(62-92(71-91)126-54-46-76(3)4)113-105-33-29-87(117-105)69-88-30-34-106(118-88)114(84-63-93(127-55-47-77(5)6)72-94(64-84)128-56-48-78(7)8)110-42-38-102(122-110)99(101-37-41-109(113)121-101)27-25-23-21-19-17-18-20-22-24-26-28-100-103-39-43-111(123-103)115(85-65-95(129-57-49-79(9)10)73-96(66-85)130-58-50-80(11)12)107-35-31-89(119-107)70-90-32-36-108(120-90)116(112-44-40-104(100)124-112)86-67-97(131-59-51-81(13)14)74-98(68-86)132-60-52-82(15)16/h29-44,61-82,117,119,122,124H,45-60H2,1-16H3. The number of nitrogens with zero attached hydrogens (tertiary/aromatic N) is 4. The Balaban J connectivity index is 0.878. The van der Waals surface area contributed by atoms with Crippen LogP contribution in [0.15, 0.2) is 133 Å². The van der Waals surface area contributed by atoms with Crippen molar-refractivity contribution in [2.45, 2.75) is 162 Å². The van der Waals surface area contributed by atoms with Crippen molar-refractivity contribution < 1.29 is 37.9 Å². The van der Waals surface area contributed by atoms with Crippen molar-refractivity contribution in [1.29, 1.82) is 0 Å². The highest BCUT2D eigenvalue weighted by Crippen LogP contribution is 2.43. The van der Waals surface area contributed by atoms with E-state index in [1.165, 1.54) is 0 Å². The molecule has 0 fully saturated rings.